The topological polar surface area (TPSA) is 86.0 Å². The first-order valence-electron chi connectivity index (χ1n) is 11.0. The molecule has 3 heterocycles. The molecule has 0 aliphatic heterocycles. The Labute approximate surface area is 254 Å². The standard InChI is InChI=1S/C22H33N6.3I.Ti/c1-7-13-19(14(8-2)24-23-13)22(20-15(9-3)25-26-16(20)10-4)21-17(11-5)27-28-18(21)12-6;;;;/h7-12H2,1-6H3,(H,23,24)(H,25,26)(H,27,28);;;;. The Kier molecular flexibility index (Phi) is 14.4. The average molecular weight is 810 g/mol. The van der Waals surface area contributed by atoms with Crippen LogP contribution in [0.15, 0.2) is 0 Å². The summed E-state index contributed by atoms with van der Waals surface area (Å²) in [7, 11) is 0. The fourth-order valence-corrected chi connectivity index (χ4v) is 5.88. The Balaban J connectivity index is 0.00000320. The first kappa shape index (κ1) is 32.5. The van der Waals surface area contributed by atoms with Crippen molar-refractivity contribution < 1.29 is 20.4 Å². The second-order valence-corrected chi connectivity index (χ2v) is 8.61. The molecule has 3 aromatic heterocycles. The molecule has 0 amide bonds. The molecule has 0 saturated carbocycles. The van der Waals surface area contributed by atoms with Crippen LogP contribution >= 0.6 is 71.9 Å². The smallest absolute Gasteiger partial charge is 0 e. The van der Waals surface area contributed by atoms with E-state index in [4.69, 9.17) is 15.3 Å². The van der Waals surface area contributed by atoms with Gasteiger partial charge in [0.2, 0.25) is 0 Å². The summed E-state index contributed by atoms with van der Waals surface area (Å²) in [5, 5.41) is 24.2. The van der Waals surface area contributed by atoms with Crippen LogP contribution in [0.3, 0.4) is 0 Å². The zero-order chi connectivity index (χ0) is 21.2. The summed E-state index contributed by atoms with van der Waals surface area (Å²) in [6.45, 7) is 13.2. The third-order valence-corrected chi connectivity index (χ3v) is 7.11. The van der Waals surface area contributed by atoms with E-state index in [1.165, 1.54) is 33.8 Å². The number of hydrogen-bond donors (Lipinski definition) is 3. The molecule has 3 radical (unpaired) electrons. The number of nitrogens with zero attached hydrogens (tertiary/aromatic N) is 3. The summed E-state index contributed by atoms with van der Waals surface area (Å²) < 4.78 is -0.364. The van der Waals surface area contributed by atoms with E-state index in [-0.39, 0.29) is 75.6 Å². The molecule has 3 N–H and O–H groups in total. The van der Waals surface area contributed by atoms with Gasteiger partial charge in [-0.1, -0.05) is 0 Å². The minimum Gasteiger partial charge on any atom is 0 e. The molecular formula is C22H33I3N6Ti. The Morgan fingerprint density at radius 2 is 0.781 bits per heavy atom. The molecule has 3 rings (SSSR count). The van der Waals surface area contributed by atoms with Crippen LogP contribution in [0.1, 0.15) is 92.4 Å². The molecule has 0 fully saturated rings. The quantitative estimate of drug-likeness (QED) is 0.166. The van der Waals surface area contributed by atoms with Crippen molar-refractivity contribution in [1.29, 1.82) is 0 Å². The van der Waals surface area contributed by atoms with Gasteiger partial charge in [0, 0.05) is 71.9 Å². The summed E-state index contributed by atoms with van der Waals surface area (Å²) in [5.74, 6) is 0. The van der Waals surface area contributed by atoms with Crippen molar-refractivity contribution in [2.24, 2.45) is 0 Å². The van der Waals surface area contributed by atoms with E-state index in [1.807, 2.05) is 0 Å². The van der Waals surface area contributed by atoms with E-state index >= 15 is 0 Å². The maximum atomic E-state index is 4.73. The van der Waals surface area contributed by atoms with E-state index in [9.17, 15) is 0 Å². The molecule has 0 unspecified atom stereocenters. The molecule has 0 saturated heterocycles. The zero-order valence-electron chi connectivity index (χ0n) is 19.7. The van der Waals surface area contributed by atoms with Crippen molar-refractivity contribution in [2.75, 3.05) is 0 Å². The van der Waals surface area contributed by atoms with Crippen molar-refractivity contribution in [3.8, 4) is 0 Å². The fourth-order valence-electron chi connectivity index (χ4n) is 4.50. The van der Waals surface area contributed by atoms with E-state index < -0.39 is 0 Å². The van der Waals surface area contributed by atoms with Crippen LogP contribution in [0.5, 0.6) is 0 Å². The second-order valence-electron chi connectivity index (χ2n) is 7.44. The molecule has 0 atom stereocenters. The van der Waals surface area contributed by atoms with Gasteiger partial charge in [0.15, 0.2) is 0 Å². The molecule has 10 heteroatoms. The second kappa shape index (κ2) is 14.2. The van der Waals surface area contributed by atoms with Crippen molar-refractivity contribution >= 4 is 71.9 Å². The maximum absolute atomic E-state index is 4.73. The molecule has 6 nitrogen and oxygen atoms in total. The van der Waals surface area contributed by atoms with E-state index in [2.05, 4.69) is 77.3 Å². The number of halogens is 3. The number of H-pyrrole nitrogens is 3. The Hall–Kier alpha value is 0.534. The van der Waals surface area contributed by atoms with Gasteiger partial charge in [-0.2, -0.15) is 0 Å². The number of nitrogens with one attached hydrogen (secondary N) is 3. The SMILES string of the molecule is CCc1n[nH]c(CC)c1[C]([Ti])(c1c(CC)n[nH]c1CC)c1c(CC)n[nH]c1CC.[I].[I].[I]. The minimum atomic E-state index is -0.364. The third kappa shape index (κ3) is 5.51. The normalized spacial score (nSPS) is 10.9. The van der Waals surface area contributed by atoms with Crippen LogP contribution in [-0.2, 0) is 62.7 Å². The zero-order valence-corrected chi connectivity index (χ0v) is 27.8. The van der Waals surface area contributed by atoms with Gasteiger partial charge in [-0.3, -0.25) is 0 Å². The Morgan fingerprint density at radius 3 is 0.969 bits per heavy atom. The first-order valence-corrected chi connectivity index (χ1v) is 11.7. The van der Waals surface area contributed by atoms with Gasteiger partial charge < -0.3 is 0 Å². The first-order chi connectivity index (χ1) is 14.0. The summed E-state index contributed by atoms with van der Waals surface area (Å²) in [6.07, 6.45) is 5.42. The van der Waals surface area contributed by atoms with Crippen LogP contribution in [0.4, 0.5) is 0 Å². The van der Waals surface area contributed by atoms with Crippen LogP contribution in [0.2, 0.25) is 0 Å². The minimum absolute atomic E-state index is 0. The van der Waals surface area contributed by atoms with Crippen LogP contribution in [0.25, 0.3) is 0 Å². The van der Waals surface area contributed by atoms with Gasteiger partial charge in [-0.15, -0.1) is 0 Å². The fraction of sp³-hybridized carbons (Fsp3) is 0.591. The van der Waals surface area contributed by atoms with Crippen molar-refractivity contribution in [3.63, 3.8) is 0 Å². The van der Waals surface area contributed by atoms with Gasteiger partial charge in [-0.25, -0.2) is 0 Å². The van der Waals surface area contributed by atoms with Gasteiger partial charge in [0.1, 0.15) is 0 Å². The monoisotopic (exact) mass is 810 g/mol. The number of aryl methyl sites for hydroxylation is 6. The van der Waals surface area contributed by atoms with E-state index in [1.54, 1.807) is 0 Å². The van der Waals surface area contributed by atoms with Crippen molar-refractivity contribution in [1.82, 2.24) is 30.6 Å². The number of hydrogen-bond acceptors (Lipinski definition) is 3. The molecule has 3 aromatic rings. The summed E-state index contributed by atoms with van der Waals surface area (Å²) in [6, 6.07) is 0. The Bertz CT molecular complexity index is 792. The van der Waals surface area contributed by atoms with E-state index in [0.29, 0.717) is 0 Å². The molecular weight excluding hydrogens is 777 g/mol. The van der Waals surface area contributed by atoms with Crippen LogP contribution in [0, 0.1) is 0 Å². The van der Waals surface area contributed by atoms with Gasteiger partial charge in [0.05, 0.1) is 0 Å². The van der Waals surface area contributed by atoms with Crippen molar-refractivity contribution in [3.05, 3.63) is 50.9 Å². The van der Waals surface area contributed by atoms with Gasteiger partial charge in [-0.05, 0) is 0 Å². The van der Waals surface area contributed by atoms with Gasteiger partial charge >= 0.3 is 186 Å². The maximum Gasteiger partial charge on any atom is 0 e. The van der Waals surface area contributed by atoms with E-state index in [0.717, 1.165) is 55.6 Å². The van der Waals surface area contributed by atoms with Crippen molar-refractivity contribution in [2.45, 2.75) is 83.8 Å². The van der Waals surface area contributed by atoms with Crippen LogP contribution in [-0.4, -0.2) is 30.6 Å². The number of rotatable bonds is 9. The molecule has 176 valence electrons. The number of aromatic nitrogens is 6. The summed E-state index contributed by atoms with van der Waals surface area (Å²) in [4.78, 5) is 0. The van der Waals surface area contributed by atoms with Gasteiger partial charge in [0.25, 0.3) is 0 Å². The summed E-state index contributed by atoms with van der Waals surface area (Å²) in [5.41, 5.74) is 11.0. The molecule has 0 aromatic carbocycles. The average Bonchev–Trinajstić information content (AvgIpc) is 3.48. The predicted molar refractivity (Wildman–Crippen MR) is 154 cm³/mol. The largest absolute Gasteiger partial charge is 0 e. The molecule has 0 spiro atoms. The molecule has 0 aliphatic rings. The number of aromatic amines is 3. The molecule has 32 heavy (non-hydrogen) atoms. The molecule has 0 bridgehead atoms. The summed E-state index contributed by atoms with van der Waals surface area (Å²) >= 11 is 2.36. The Morgan fingerprint density at radius 1 is 0.531 bits per heavy atom. The molecule has 0 aliphatic carbocycles. The van der Waals surface area contributed by atoms with Crippen LogP contribution < -0.4 is 0 Å². The predicted octanol–water partition coefficient (Wildman–Crippen LogP) is 6.73. The third-order valence-electron chi connectivity index (χ3n) is 5.94.